The Morgan fingerprint density at radius 2 is 1.96 bits per heavy atom. The van der Waals surface area contributed by atoms with Gasteiger partial charge in [-0.1, -0.05) is 6.07 Å². The quantitative estimate of drug-likeness (QED) is 0.798. The number of piperidine rings is 1. The van der Waals surface area contributed by atoms with Crippen molar-refractivity contribution in [3.05, 3.63) is 54.3 Å². The number of hydrogen-bond donors (Lipinski definition) is 3. The number of urea groups is 1. The first kappa shape index (κ1) is 16.8. The summed E-state index contributed by atoms with van der Waals surface area (Å²) in [6, 6.07) is 12.2. The molecule has 1 aliphatic rings. The minimum absolute atomic E-state index is 0.00680. The Morgan fingerprint density at radius 3 is 2.64 bits per heavy atom. The zero-order valence-corrected chi connectivity index (χ0v) is 13.4. The normalized spacial score (nSPS) is 16.7. The molecule has 1 atom stereocenters. The number of benzene rings is 2. The standard InChI is InChI=1S/C18H18FN3O3/c19-12-2-1-3-16(10-12)25-15-7-4-13(5-8-15)21-18(24)22-14-6-9-17(23)20-11-14/h1-5,7-8,10,14H,6,9,11H2,(H,20,23)(H2,21,22,24)/t14-/m1/s1. The third kappa shape index (κ3) is 4.94. The smallest absolute Gasteiger partial charge is 0.319 e. The van der Waals surface area contributed by atoms with Gasteiger partial charge in [-0.3, -0.25) is 4.79 Å². The molecule has 0 spiro atoms. The first-order valence-corrected chi connectivity index (χ1v) is 7.96. The number of anilines is 1. The second-order valence-corrected chi connectivity index (χ2v) is 5.72. The molecule has 1 saturated heterocycles. The van der Waals surface area contributed by atoms with Crippen molar-refractivity contribution in [2.45, 2.75) is 18.9 Å². The summed E-state index contributed by atoms with van der Waals surface area (Å²) in [6.45, 7) is 0.437. The molecule has 3 N–H and O–H groups in total. The van der Waals surface area contributed by atoms with E-state index >= 15 is 0 Å². The van der Waals surface area contributed by atoms with Gasteiger partial charge in [0.25, 0.3) is 0 Å². The van der Waals surface area contributed by atoms with Crippen LogP contribution in [0.1, 0.15) is 12.8 Å². The fourth-order valence-electron chi connectivity index (χ4n) is 2.48. The van der Waals surface area contributed by atoms with Crippen molar-refractivity contribution >= 4 is 17.6 Å². The van der Waals surface area contributed by atoms with Crippen LogP contribution in [-0.4, -0.2) is 24.5 Å². The first-order valence-electron chi connectivity index (χ1n) is 7.96. The van der Waals surface area contributed by atoms with Crippen molar-refractivity contribution in [3.63, 3.8) is 0 Å². The van der Waals surface area contributed by atoms with Crippen molar-refractivity contribution in [2.24, 2.45) is 0 Å². The highest BCUT2D eigenvalue weighted by atomic mass is 19.1. The number of carbonyl (C=O) groups excluding carboxylic acids is 2. The molecule has 2 aromatic rings. The van der Waals surface area contributed by atoms with Gasteiger partial charge in [0.15, 0.2) is 0 Å². The lowest BCUT2D eigenvalue weighted by Crippen LogP contribution is -2.48. The van der Waals surface area contributed by atoms with Crippen LogP contribution in [0.5, 0.6) is 11.5 Å². The second kappa shape index (κ2) is 7.65. The number of amides is 3. The Balaban J connectivity index is 1.51. The number of ether oxygens (including phenoxy) is 1. The maximum absolute atomic E-state index is 13.1. The maximum Gasteiger partial charge on any atom is 0.319 e. The van der Waals surface area contributed by atoms with Gasteiger partial charge in [0.05, 0.1) is 0 Å². The van der Waals surface area contributed by atoms with Gasteiger partial charge < -0.3 is 20.7 Å². The molecule has 1 aliphatic heterocycles. The van der Waals surface area contributed by atoms with Crippen LogP contribution < -0.4 is 20.7 Å². The molecule has 1 fully saturated rings. The summed E-state index contributed by atoms with van der Waals surface area (Å²) in [5, 5.41) is 8.24. The molecular formula is C18H18FN3O3. The molecule has 7 heteroatoms. The van der Waals surface area contributed by atoms with Crippen LogP contribution in [0.15, 0.2) is 48.5 Å². The summed E-state index contributed by atoms with van der Waals surface area (Å²) in [7, 11) is 0. The van der Waals surface area contributed by atoms with E-state index in [1.807, 2.05) is 0 Å². The molecule has 3 amide bonds. The Kier molecular flexibility index (Phi) is 5.13. The summed E-state index contributed by atoms with van der Waals surface area (Å²) in [6.07, 6.45) is 1.04. The van der Waals surface area contributed by atoms with E-state index in [1.165, 1.54) is 12.1 Å². The molecule has 0 bridgehead atoms. The van der Waals surface area contributed by atoms with Crippen molar-refractivity contribution in [2.75, 3.05) is 11.9 Å². The minimum Gasteiger partial charge on any atom is -0.457 e. The van der Waals surface area contributed by atoms with E-state index in [0.717, 1.165) is 0 Å². The van der Waals surface area contributed by atoms with Crippen molar-refractivity contribution in [1.82, 2.24) is 10.6 Å². The van der Waals surface area contributed by atoms with E-state index in [4.69, 9.17) is 4.74 Å². The highest BCUT2D eigenvalue weighted by molar-refractivity contribution is 5.89. The van der Waals surface area contributed by atoms with Gasteiger partial charge in [0.1, 0.15) is 17.3 Å². The minimum atomic E-state index is -0.369. The molecule has 130 valence electrons. The van der Waals surface area contributed by atoms with Gasteiger partial charge >= 0.3 is 6.03 Å². The van der Waals surface area contributed by atoms with Crippen LogP contribution in [0.3, 0.4) is 0 Å². The van der Waals surface area contributed by atoms with Gasteiger partial charge in [0.2, 0.25) is 5.91 Å². The summed E-state index contributed by atoms with van der Waals surface area (Å²) < 4.78 is 18.7. The lowest BCUT2D eigenvalue weighted by Gasteiger charge is -2.23. The van der Waals surface area contributed by atoms with Gasteiger partial charge in [-0.15, -0.1) is 0 Å². The average Bonchev–Trinajstić information content (AvgIpc) is 2.59. The van der Waals surface area contributed by atoms with Crippen molar-refractivity contribution < 1.29 is 18.7 Å². The first-order chi connectivity index (χ1) is 12.1. The highest BCUT2D eigenvalue weighted by Gasteiger charge is 2.19. The molecular weight excluding hydrogens is 325 g/mol. The molecule has 1 heterocycles. The van der Waals surface area contributed by atoms with Crippen LogP contribution in [0.4, 0.5) is 14.9 Å². The van der Waals surface area contributed by atoms with Crippen LogP contribution in [0.25, 0.3) is 0 Å². The molecule has 6 nitrogen and oxygen atoms in total. The largest absolute Gasteiger partial charge is 0.457 e. The molecule has 0 aromatic heterocycles. The Hall–Kier alpha value is -3.09. The number of halogens is 1. The van der Waals surface area contributed by atoms with Crippen LogP contribution >= 0.6 is 0 Å². The van der Waals surface area contributed by atoms with Crippen LogP contribution in [0.2, 0.25) is 0 Å². The van der Waals surface area contributed by atoms with Crippen molar-refractivity contribution in [1.29, 1.82) is 0 Å². The number of carbonyl (C=O) groups is 2. The highest BCUT2D eigenvalue weighted by Crippen LogP contribution is 2.23. The zero-order valence-electron chi connectivity index (χ0n) is 13.4. The molecule has 0 saturated carbocycles. The number of hydrogen-bond acceptors (Lipinski definition) is 3. The van der Waals surface area contributed by atoms with E-state index in [1.54, 1.807) is 36.4 Å². The summed E-state index contributed by atoms with van der Waals surface area (Å²) in [5.74, 6) is 0.572. The van der Waals surface area contributed by atoms with Crippen LogP contribution in [0, 0.1) is 5.82 Å². The molecule has 25 heavy (non-hydrogen) atoms. The van der Waals surface area contributed by atoms with E-state index in [0.29, 0.717) is 36.6 Å². The summed E-state index contributed by atoms with van der Waals surface area (Å²) >= 11 is 0. The van der Waals surface area contributed by atoms with Gasteiger partial charge in [0, 0.05) is 30.8 Å². The summed E-state index contributed by atoms with van der Waals surface area (Å²) in [4.78, 5) is 23.1. The monoisotopic (exact) mass is 343 g/mol. The van der Waals surface area contributed by atoms with E-state index in [9.17, 15) is 14.0 Å². The van der Waals surface area contributed by atoms with E-state index in [-0.39, 0.29) is 23.8 Å². The van der Waals surface area contributed by atoms with Gasteiger partial charge in [-0.05, 0) is 42.8 Å². The average molecular weight is 343 g/mol. The molecule has 2 aromatic carbocycles. The lowest BCUT2D eigenvalue weighted by atomic mass is 10.1. The van der Waals surface area contributed by atoms with Crippen molar-refractivity contribution in [3.8, 4) is 11.5 Å². The fraction of sp³-hybridized carbons (Fsp3) is 0.222. The Bertz CT molecular complexity index is 754. The SMILES string of the molecule is O=C1CC[C@@H](NC(=O)Nc2ccc(Oc3cccc(F)c3)cc2)CN1. The fourth-order valence-corrected chi connectivity index (χ4v) is 2.48. The second-order valence-electron chi connectivity index (χ2n) is 5.72. The number of rotatable bonds is 4. The zero-order chi connectivity index (χ0) is 17.6. The lowest BCUT2D eigenvalue weighted by molar-refractivity contribution is -0.122. The summed E-state index contributed by atoms with van der Waals surface area (Å²) in [5.41, 5.74) is 0.601. The topological polar surface area (TPSA) is 79.5 Å². The van der Waals surface area contributed by atoms with Gasteiger partial charge in [-0.2, -0.15) is 0 Å². The molecule has 0 unspecified atom stereocenters. The Morgan fingerprint density at radius 1 is 1.16 bits per heavy atom. The molecule has 0 aliphatic carbocycles. The third-order valence-corrected chi connectivity index (χ3v) is 3.74. The number of nitrogens with one attached hydrogen (secondary N) is 3. The Labute approximate surface area is 144 Å². The van der Waals surface area contributed by atoms with Gasteiger partial charge in [-0.25, -0.2) is 9.18 Å². The molecule has 3 rings (SSSR count). The predicted octanol–water partition coefficient (Wildman–Crippen LogP) is 3.02. The molecule has 0 radical (unpaired) electrons. The third-order valence-electron chi connectivity index (χ3n) is 3.74. The maximum atomic E-state index is 13.1. The predicted molar refractivity (Wildman–Crippen MR) is 91.1 cm³/mol. The van der Waals surface area contributed by atoms with Crippen LogP contribution in [-0.2, 0) is 4.79 Å². The van der Waals surface area contributed by atoms with E-state index in [2.05, 4.69) is 16.0 Å². The van der Waals surface area contributed by atoms with E-state index < -0.39 is 0 Å².